The maximum absolute atomic E-state index is 6.05. The fraction of sp³-hybridized carbons (Fsp3) is 0.0526. The van der Waals surface area contributed by atoms with Gasteiger partial charge in [0.05, 0.1) is 0 Å². The van der Waals surface area contributed by atoms with Gasteiger partial charge in [-0.25, -0.2) is 9.97 Å². The Morgan fingerprint density at radius 2 is 1.57 bits per heavy atom. The van der Waals surface area contributed by atoms with Gasteiger partial charge in [-0.3, -0.25) is 0 Å². The molecular weight excluding hydrogens is 286 g/mol. The Labute approximate surface area is 134 Å². The van der Waals surface area contributed by atoms with Crippen molar-refractivity contribution in [2.45, 2.75) is 6.61 Å². The molecule has 4 rings (SSSR count). The van der Waals surface area contributed by atoms with Crippen molar-refractivity contribution in [1.29, 1.82) is 0 Å². The quantitative estimate of drug-likeness (QED) is 0.576. The topological polar surface area (TPSA) is 39.9 Å². The van der Waals surface area contributed by atoms with Gasteiger partial charge in [0.1, 0.15) is 12.1 Å². The van der Waals surface area contributed by atoms with Gasteiger partial charge in [0.25, 0.3) is 0 Å². The van der Waals surface area contributed by atoms with Gasteiger partial charge in [0.15, 0.2) is 11.5 Å². The monoisotopic (exact) mass is 301 g/mol. The minimum atomic E-state index is 0.473. The summed E-state index contributed by atoms with van der Waals surface area (Å²) in [5.41, 5.74) is 3.65. The maximum atomic E-state index is 6.05. The Balaban J connectivity index is 1.77. The minimum absolute atomic E-state index is 0.473. The van der Waals surface area contributed by atoms with Crippen molar-refractivity contribution >= 4 is 11.2 Å². The summed E-state index contributed by atoms with van der Waals surface area (Å²) < 4.78 is 1.77. The molecule has 0 unspecified atom stereocenters. The predicted molar refractivity (Wildman–Crippen MR) is 89.7 cm³/mol. The molecule has 0 aliphatic heterocycles. The summed E-state index contributed by atoms with van der Waals surface area (Å²) in [4.78, 5) is 15.0. The molecule has 0 radical (unpaired) electrons. The maximum Gasteiger partial charge on any atom is 0.181 e. The number of nitrogens with zero attached hydrogens (tertiary/aromatic N) is 3. The number of rotatable bonds is 4. The number of benzene rings is 2. The molecule has 2 aromatic heterocycles. The third-order valence-corrected chi connectivity index (χ3v) is 3.62. The van der Waals surface area contributed by atoms with Crippen LogP contribution in [0, 0.1) is 0 Å². The number of imidazole rings is 1. The highest BCUT2D eigenvalue weighted by Gasteiger charge is 2.14. The van der Waals surface area contributed by atoms with Crippen LogP contribution in [0.2, 0.25) is 0 Å². The molecule has 0 N–H and O–H groups in total. The molecule has 0 aliphatic rings. The molecule has 0 saturated carbocycles. The van der Waals surface area contributed by atoms with Crippen LogP contribution in [0.5, 0.6) is 0 Å². The molecule has 2 heterocycles. The van der Waals surface area contributed by atoms with Crippen molar-refractivity contribution in [3.63, 3.8) is 0 Å². The third kappa shape index (κ3) is 2.66. The second-order valence-corrected chi connectivity index (χ2v) is 5.20. The van der Waals surface area contributed by atoms with Gasteiger partial charge in [-0.05, 0) is 17.7 Å². The van der Waals surface area contributed by atoms with Gasteiger partial charge in [-0.15, -0.1) is 0 Å². The van der Waals surface area contributed by atoms with Crippen molar-refractivity contribution in [1.82, 2.24) is 14.7 Å². The largest absolute Gasteiger partial charge is 0.407 e. The number of aromatic nitrogens is 3. The van der Waals surface area contributed by atoms with E-state index in [0.717, 1.165) is 22.5 Å². The lowest BCUT2D eigenvalue weighted by Gasteiger charge is -2.11. The Hall–Kier alpha value is -3.14. The highest BCUT2D eigenvalue weighted by Crippen LogP contribution is 2.22. The van der Waals surface area contributed by atoms with E-state index in [1.165, 1.54) is 0 Å². The Bertz CT molecular complexity index is 917. The van der Waals surface area contributed by atoms with Crippen LogP contribution >= 0.6 is 0 Å². The summed E-state index contributed by atoms with van der Waals surface area (Å²) in [6, 6.07) is 23.9. The SMILES string of the molecule is c1ccc(COn2c(-c3ccccc3)nc3ncccc32)cc1. The van der Waals surface area contributed by atoms with Crippen LogP contribution in [0.3, 0.4) is 0 Å². The lowest BCUT2D eigenvalue weighted by atomic mass is 10.2. The molecule has 0 atom stereocenters. The van der Waals surface area contributed by atoms with Crippen LogP contribution in [0.25, 0.3) is 22.6 Å². The van der Waals surface area contributed by atoms with E-state index in [0.29, 0.717) is 12.3 Å². The molecule has 2 aromatic carbocycles. The summed E-state index contributed by atoms with van der Waals surface area (Å²) in [6.45, 7) is 0.473. The number of hydrogen-bond donors (Lipinski definition) is 0. The lowest BCUT2D eigenvalue weighted by molar-refractivity contribution is 0.110. The van der Waals surface area contributed by atoms with Gasteiger partial charge >= 0.3 is 0 Å². The van der Waals surface area contributed by atoms with Crippen LogP contribution in [0.1, 0.15) is 5.56 Å². The van der Waals surface area contributed by atoms with Crippen molar-refractivity contribution in [3.05, 3.63) is 84.6 Å². The Morgan fingerprint density at radius 1 is 0.826 bits per heavy atom. The normalized spacial score (nSPS) is 10.8. The molecule has 4 aromatic rings. The molecule has 112 valence electrons. The third-order valence-electron chi connectivity index (χ3n) is 3.62. The molecule has 0 spiro atoms. The first-order valence-electron chi connectivity index (χ1n) is 7.48. The number of pyridine rings is 1. The van der Waals surface area contributed by atoms with Crippen molar-refractivity contribution in [2.75, 3.05) is 0 Å². The van der Waals surface area contributed by atoms with Crippen LogP contribution in [0.15, 0.2) is 79.0 Å². The zero-order valence-electron chi connectivity index (χ0n) is 12.5. The van der Waals surface area contributed by atoms with Crippen LogP contribution in [-0.2, 0) is 6.61 Å². The summed E-state index contributed by atoms with van der Waals surface area (Å²) in [5.74, 6) is 0.759. The van der Waals surface area contributed by atoms with E-state index in [-0.39, 0.29) is 0 Å². The van der Waals surface area contributed by atoms with Crippen molar-refractivity contribution in [2.24, 2.45) is 0 Å². The summed E-state index contributed by atoms with van der Waals surface area (Å²) in [7, 11) is 0. The van der Waals surface area contributed by atoms with E-state index >= 15 is 0 Å². The molecule has 4 nitrogen and oxygen atoms in total. The van der Waals surface area contributed by atoms with Gasteiger partial charge in [0, 0.05) is 11.8 Å². The highest BCUT2D eigenvalue weighted by molar-refractivity contribution is 5.76. The predicted octanol–water partition coefficient (Wildman–Crippen LogP) is 3.73. The second kappa shape index (κ2) is 5.93. The first kappa shape index (κ1) is 13.5. The van der Waals surface area contributed by atoms with Gasteiger partial charge in [-0.1, -0.05) is 60.7 Å². The van der Waals surface area contributed by atoms with E-state index in [1.807, 2.05) is 72.8 Å². The minimum Gasteiger partial charge on any atom is -0.407 e. The molecule has 4 heteroatoms. The van der Waals surface area contributed by atoms with Gasteiger partial charge in [0.2, 0.25) is 0 Å². The van der Waals surface area contributed by atoms with E-state index in [2.05, 4.69) is 9.97 Å². The zero-order valence-corrected chi connectivity index (χ0v) is 12.5. The molecule has 0 fully saturated rings. The van der Waals surface area contributed by atoms with Crippen LogP contribution in [-0.4, -0.2) is 14.7 Å². The summed E-state index contributed by atoms with van der Waals surface area (Å²) >= 11 is 0. The first-order chi connectivity index (χ1) is 11.4. The highest BCUT2D eigenvalue weighted by atomic mass is 16.7. The van der Waals surface area contributed by atoms with Crippen LogP contribution in [0.4, 0.5) is 0 Å². The van der Waals surface area contributed by atoms with Crippen LogP contribution < -0.4 is 4.84 Å². The Morgan fingerprint density at radius 3 is 2.35 bits per heavy atom. The van der Waals surface area contributed by atoms with Gasteiger partial charge in [-0.2, -0.15) is 4.73 Å². The van der Waals surface area contributed by atoms with E-state index in [1.54, 1.807) is 10.9 Å². The fourth-order valence-corrected chi connectivity index (χ4v) is 2.51. The van der Waals surface area contributed by atoms with Crippen molar-refractivity contribution in [3.8, 4) is 11.4 Å². The molecule has 0 bridgehead atoms. The van der Waals surface area contributed by atoms with E-state index in [9.17, 15) is 0 Å². The Kier molecular flexibility index (Phi) is 3.48. The number of fused-ring (bicyclic) bond motifs is 1. The summed E-state index contributed by atoms with van der Waals surface area (Å²) in [6.07, 6.45) is 1.74. The fourth-order valence-electron chi connectivity index (χ4n) is 2.51. The van der Waals surface area contributed by atoms with Gasteiger partial charge < -0.3 is 4.84 Å². The molecule has 23 heavy (non-hydrogen) atoms. The van der Waals surface area contributed by atoms with E-state index < -0.39 is 0 Å². The molecule has 0 saturated heterocycles. The summed E-state index contributed by atoms with van der Waals surface area (Å²) in [5, 5.41) is 0. The molecule has 0 aliphatic carbocycles. The smallest absolute Gasteiger partial charge is 0.181 e. The average molecular weight is 301 g/mol. The average Bonchev–Trinajstić information content (AvgIpc) is 3.00. The molecular formula is C19H15N3O. The van der Waals surface area contributed by atoms with E-state index in [4.69, 9.17) is 4.84 Å². The molecule has 0 amide bonds. The zero-order chi connectivity index (χ0) is 15.5. The first-order valence-corrected chi connectivity index (χ1v) is 7.48. The van der Waals surface area contributed by atoms with Crippen molar-refractivity contribution < 1.29 is 4.84 Å². The number of hydrogen-bond acceptors (Lipinski definition) is 3. The standard InChI is InChI=1S/C19H15N3O/c1-3-8-15(9-4-1)14-23-22-17-12-7-13-20-18(17)21-19(22)16-10-5-2-6-11-16/h1-13H,14H2. The second-order valence-electron chi connectivity index (χ2n) is 5.20. The lowest BCUT2D eigenvalue weighted by Crippen LogP contribution is -2.12.